The van der Waals surface area contributed by atoms with Crippen LogP contribution in [-0.2, 0) is 0 Å². The first-order valence-electron chi connectivity index (χ1n) is 6.13. The number of hydrogen-bond acceptors (Lipinski definition) is 2. The molecule has 3 nitrogen and oxygen atoms in total. The number of piperidine rings is 1. The molecule has 0 aliphatic carbocycles. The number of thiocarbonyl (C=S) groups is 1. The predicted molar refractivity (Wildman–Crippen MR) is 71.7 cm³/mol. The number of amides is 1. The molecule has 7 heteroatoms. The Labute approximate surface area is 119 Å². The van der Waals surface area contributed by atoms with Gasteiger partial charge in [0, 0.05) is 31.1 Å². The molecule has 20 heavy (non-hydrogen) atoms. The average molecular weight is 302 g/mol. The average Bonchev–Trinajstić information content (AvgIpc) is 2.37. The number of nitrogens with two attached hydrogens (primary N) is 1. The Balaban J connectivity index is 2.25. The van der Waals surface area contributed by atoms with Crippen LogP contribution in [0.2, 0.25) is 0 Å². The Morgan fingerprint density at radius 2 is 1.90 bits per heavy atom. The number of halogens is 3. The SMILES string of the molecule is NC(=S)C1CCCN(C(=O)c2c(F)cc(F)cc2F)C1. The Bertz CT molecular complexity index is 542. The normalized spacial score (nSPS) is 18.9. The number of likely N-dealkylation sites (tertiary alicyclic amines) is 1. The molecule has 2 N–H and O–H groups in total. The van der Waals surface area contributed by atoms with Gasteiger partial charge >= 0.3 is 0 Å². The predicted octanol–water partition coefficient (Wildman–Crippen LogP) is 2.24. The lowest BCUT2D eigenvalue weighted by molar-refractivity contribution is 0.0693. The minimum atomic E-state index is -1.20. The minimum Gasteiger partial charge on any atom is -0.393 e. The van der Waals surface area contributed by atoms with Crippen LogP contribution >= 0.6 is 12.2 Å². The highest BCUT2D eigenvalue weighted by atomic mass is 32.1. The fourth-order valence-corrected chi connectivity index (χ4v) is 2.49. The smallest absolute Gasteiger partial charge is 0.259 e. The van der Waals surface area contributed by atoms with Gasteiger partial charge in [0.25, 0.3) is 5.91 Å². The number of rotatable bonds is 2. The summed E-state index contributed by atoms with van der Waals surface area (Å²) in [5.74, 6) is -4.43. The van der Waals surface area contributed by atoms with Crippen LogP contribution in [0.15, 0.2) is 12.1 Å². The van der Waals surface area contributed by atoms with Crippen molar-refractivity contribution in [1.29, 1.82) is 0 Å². The molecule has 0 spiro atoms. The number of carbonyl (C=O) groups is 1. The van der Waals surface area contributed by atoms with Gasteiger partial charge in [0.05, 0.1) is 4.99 Å². The molecule has 1 aliphatic heterocycles. The van der Waals surface area contributed by atoms with Crippen molar-refractivity contribution in [1.82, 2.24) is 4.90 Å². The summed E-state index contributed by atoms with van der Waals surface area (Å²) in [7, 11) is 0. The van der Waals surface area contributed by atoms with Gasteiger partial charge in [-0.15, -0.1) is 0 Å². The Hall–Kier alpha value is -1.63. The van der Waals surface area contributed by atoms with E-state index in [9.17, 15) is 18.0 Å². The fraction of sp³-hybridized carbons (Fsp3) is 0.385. The summed E-state index contributed by atoms with van der Waals surface area (Å²) in [6.07, 6.45) is 1.39. The van der Waals surface area contributed by atoms with E-state index in [0.29, 0.717) is 25.1 Å². The molecule has 1 saturated heterocycles. The summed E-state index contributed by atoms with van der Waals surface area (Å²) >= 11 is 4.88. The van der Waals surface area contributed by atoms with Gasteiger partial charge in [-0.05, 0) is 12.8 Å². The molecule has 0 saturated carbocycles. The molecule has 108 valence electrons. The summed E-state index contributed by atoms with van der Waals surface area (Å²) in [6, 6.07) is 0.983. The van der Waals surface area contributed by atoms with Gasteiger partial charge < -0.3 is 10.6 Å². The van der Waals surface area contributed by atoms with Crippen LogP contribution < -0.4 is 5.73 Å². The first-order chi connectivity index (χ1) is 9.40. The maximum atomic E-state index is 13.6. The lowest BCUT2D eigenvalue weighted by Gasteiger charge is -2.32. The summed E-state index contributed by atoms with van der Waals surface area (Å²) in [5, 5.41) is 0. The van der Waals surface area contributed by atoms with Gasteiger partial charge in [0.15, 0.2) is 0 Å². The molecule has 1 aromatic carbocycles. The molecule has 1 aromatic rings. The van der Waals surface area contributed by atoms with E-state index >= 15 is 0 Å². The third-order valence-electron chi connectivity index (χ3n) is 3.33. The van der Waals surface area contributed by atoms with E-state index in [1.54, 1.807) is 0 Å². The van der Waals surface area contributed by atoms with Crippen LogP contribution in [0.5, 0.6) is 0 Å². The lowest BCUT2D eigenvalue weighted by atomic mass is 9.97. The second-order valence-electron chi connectivity index (χ2n) is 4.74. The molecule has 1 unspecified atom stereocenters. The molecule has 1 amide bonds. The van der Waals surface area contributed by atoms with Crippen LogP contribution in [0.3, 0.4) is 0 Å². The molecule has 1 heterocycles. The zero-order valence-corrected chi connectivity index (χ0v) is 11.4. The third-order valence-corrected chi connectivity index (χ3v) is 3.67. The molecule has 0 bridgehead atoms. The van der Waals surface area contributed by atoms with E-state index in [0.717, 1.165) is 6.42 Å². The fourth-order valence-electron chi connectivity index (χ4n) is 2.30. The maximum absolute atomic E-state index is 13.6. The van der Waals surface area contributed by atoms with Crippen LogP contribution in [0.25, 0.3) is 0 Å². The van der Waals surface area contributed by atoms with Crippen LogP contribution in [0.1, 0.15) is 23.2 Å². The van der Waals surface area contributed by atoms with E-state index in [1.165, 1.54) is 4.90 Å². The van der Waals surface area contributed by atoms with Gasteiger partial charge in [-0.2, -0.15) is 0 Å². The van der Waals surface area contributed by atoms with Gasteiger partial charge in [-0.3, -0.25) is 4.79 Å². The molecular formula is C13H13F3N2OS. The molecule has 1 aliphatic rings. The molecule has 1 atom stereocenters. The second-order valence-corrected chi connectivity index (χ2v) is 5.21. The van der Waals surface area contributed by atoms with E-state index in [1.807, 2.05) is 0 Å². The highest BCUT2D eigenvalue weighted by Crippen LogP contribution is 2.22. The molecule has 2 rings (SSSR count). The van der Waals surface area contributed by atoms with Crippen molar-refractivity contribution in [3.63, 3.8) is 0 Å². The number of nitrogens with zero attached hydrogens (tertiary/aromatic N) is 1. The monoisotopic (exact) mass is 302 g/mol. The third kappa shape index (κ3) is 2.92. The number of carbonyl (C=O) groups excluding carboxylic acids is 1. The second kappa shape index (κ2) is 5.78. The van der Waals surface area contributed by atoms with Gasteiger partial charge in [-0.25, -0.2) is 13.2 Å². The first-order valence-corrected chi connectivity index (χ1v) is 6.54. The van der Waals surface area contributed by atoms with Crippen molar-refractivity contribution in [2.75, 3.05) is 13.1 Å². The first kappa shape index (κ1) is 14.8. The number of hydrogen-bond donors (Lipinski definition) is 1. The summed E-state index contributed by atoms with van der Waals surface area (Å²) < 4.78 is 40.0. The van der Waals surface area contributed by atoms with Crippen molar-refractivity contribution in [3.8, 4) is 0 Å². The Morgan fingerprint density at radius 1 is 1.30 bits per heavy atom. The van der Waals surface area contributed by atoms with Crippen molar-refractivity contribution in [2.24, 2.45) is 11.7 Å². The molecular weight excluding hydrogens is 289 g/mol. The quantitative estimate of drug-likeness (QED) is 0.852. The summed E-state index contributed by atoms with van der Waals surface area (Å²) in [4.78, 5) is 13.7. The summed E-state index contributed by atoms with van der Waals surface area (Å²) in [6.45, 7) is 0.596. The zero-order chi connectivity index (χ0) is 14.9. The number of benzene rings is 1. The zero-order valence-electron chi connectivity index (χ0n) is 10.5. The van der Waals surface area contributed by atoms with E-state index < -0.39 is 28.9 Å². The van der Waals surface area contributed by atoms with Crippen molar-refractivity contribution in [2.45, 2.75) is 12.8 Å². The maximum Gasteiger partial charge on any atom is 0.259 e. The lowest BCUT2D eigenvalue weighted by Crippen LogP contribution is -2.44. The minimum absolute atomic E-state index is 0.158. The molecule has 1 fully saturated rings. The van der Waals surface area contributed by atoms with E-state index in [-0.39, 0.29) is 17.5 Å². The van der Waals surface area contributed by atoms with Gasteiger partial charge in [0.2, 0.25) is 0 Å². The van der Waals surface area contributed by atoms with Gasteiger partial charge in [0.1, 0.15) is 23.0 Å². The van der Waals surface area contributed by atoms with Crippen LogP contribution in [0.4, 0.5) is 13.2 Å². The molecule has 0 radical (unpaired) electrons. The standard InChI is InChI=1S/C13H13F3N2OS/c14-8-4-9(15)11(10(16)5-8)13(19)18-3-1-2-7(6-18)12(17)20/h4-5,7H,1-3,6H2,(H2,17,20). The van der Waals surface area contributed by atoms with Crippen molar-refractivity contribution >= 4 is 23.1 Å². The topological polar surface area (TPSA) is 46.3 Å². The van der Waals surface area contributed by atoms with E-state index in [2.05, 4.69) is 0 Å². The Kier molecular flexibility index (Phi) is 4.27. The van der Waals surface area contributed by atoms with Crippen molar-refractivity contribution in [3.05, 3.63) is 35.1 Å². The highest BCUT2D eigenvalue weighted by Gasteiger charge is 2.29. The van der Waals surface area contributed by atoms with Crippen LogP contribution in [-0.4, -0.2) is 28.9 Å². The summed E-state index contributed by atoms with van der Waals surface area (Å²) in [5.41, 5.74) is 4.80. The van der Waals surface area contributed by atoms with E-state index in [4.69, 9.17) is 18.0 Å². The highest BCUT2D eigenvalue weighted by molar-refractivity contribution is 7.80. The van der Waals surface area contributed by atoms with Gasteiger partial charge in [-0.1, -0.05) is 12.2 Å². The van der Waals surface area contributed by atoms with Crippen LogP contribution in [0, 0.1) is 23.4 Å². The largest absolute Gasteiger partial charge is 0.393 e. The Morgan fingerprint density at radius 3 is 2.45 bits per heavy atom. The van der Waals surface area contributed by atoms with Crippen molar-refractivity contribution < 1.29 is 18.0 Å². The molecule has 0 aromatic heterocycles.